The van der Waals surface area contributed by atoms with E-state index in [0.717, 1.165) is 41.3 Å². The molecule has 1 heterocycles. The van der Waals surface area contributed by atoms with Crippen LogP contribution in [0.15, 0.2) is 24.3 Å². The molecule has 2 aromatic rings. The van der Waals surface area contributed by atoms with Crippen LogP contribution in [0, 0.1) is 6.92 Å². The molecule has 0 unspecified atom stereocenters. The number of carbonyl (C=O) groups is 1. The second-order valence-corrected chi connectivity index (χ2v) is 5.56. The number of benzene rings is 1. The minimum atomic E-state index is -0.398. The third-order valence-corrected chi connectivity index (χ3v) is 4.15. The summed E-state index contributed by atoms with van der Waals surface area (Å²) < 4.78 is 12.9. The van der Waals surface area contributed by atoms with Crippen molar-refractivity contribution in [2.45, 2.75) is 25.8 Å². The van der Waals surface area contributed by atoms with Crippen molar-refractivity contribution in [3.05, 3.63) is 35.5 Å². The highest BCUT2D eigenvalue weighted by Gasteiger charge is 2.30. The Morgan fingerprint density at radius 1 is 1.23 bits per heavy atom. The Hall–Kier alpha value is -2.43. The van der Waals surface area contributed by atoms with E-state index in [4.69, 9.17) is 15.2 Å². The van der Waals surface area contributed by atoms with Crippen LogP contribution < -0.4 is 15.2 Å². The lowest BCUT2D eigenvalue weighted by molar-refractivity contribution is 0.0999. The van der Waals surface area contributed by atoms with Gasteiger partial charge in [0.2, 0.25) is 0 Å². The van der Waals surface area contributed by atoms with Crippen LogP contribution in [0.2, 0.25) is 0 Å². The molecule has 5 nitrogen and oxygen atoms in total. The minimum absolute atomic E-state index is 0.398. The molecule has 2 N–H and O–H groups in total. The molecule has 1 amide bonds. The van der Waals surface area contributed by atoms with E-state index in [-0.39, 0.29) is 0 Å². The summed E-state index contributed by atoms with van der Waals surface area (Å²) in [5, 5.41) is 0. The third-order valence-electron chi connectivity index (χ3n) is 4.15. The number of hydrogen-bond acceptors (Lipinski definition) is 3. The van der Waals surface area contributed by atoms with Crippen molar-refractivity contribution in [2.75, 3.05) is 14.2 Å². The van der Waals surface area contributed by atoms with Gasteiger partial charge in [0.25, 0.3) is 5.91 Å². The molecule has 1 aromatic heterocycles. The van der Waals surface area contributed by atoms with Crippen LogP contribution in [-0.4, -0.2) is 24.7 Å². The van der Waals surface area contributed by atoms with Gasteiger partial charge in [-0.25, -0.2) is 0 Å². The Labute approximate surface area is 129 Å². The maximum absolute atomic E-state index is 11.7. The zero-order chi connectivity index (χ0) is 15.9. The van der Waals surface area contributed by atoms with Crippen molar-refractivity contribution in [2.24, 2.45) is 5.73 Å². The second-order valence-electron chi connectivity index (χ2n) is 5.56. The standard InChI is InChI=1S/C17H20N2O3/c1-10-14(17(18)20)9-15(19(10)11-4-5-11)13-7-6-12(21-2)8-16(13)22-3/h6-9,11H,4-5H2,1-3H3,(H2,18,20). The molecule has 1 aliphatic carbocycles. The largest absolute Gasteiger partial charge is 0.497 e. The Bertz CT molecular complexity index is 730. The fourth-order valence-corrected chi connectivity index (χ4v) is 2.89. The number of primary amides is 1. The molecule has 5 heteroatoms. The highest BCUT2D eigenvalue weighted by atomic mass is 16.5. The maximum atomic E-state index is 11.7. The number of carbonyl (C=O) groups excluding carboxylic acids is 1. The van der Waals surface area contributed by atoms with Crippen molar-refractivity contribution in [1.29, 1.82) is 0 Å². The summed E-state index contributed by atoms with van der Waals surface area (Å²) in [5.74, 6) is 1.05. The summed E-state index contributed by atoms with van der Waals surface area (Å²) in [5.41, 5.74) is 8.90. The predicted octanol–water partition coefficient (Wildman–Crippen LogP) is 2.91. The number of ether oxygens (including phenoxy) is 2. The van der Waals surface area contributed by atoms with Crippen LogP contribution in [0.1, 0.15) is 34.9 Å². The number of aromatic nitrogens is 1. The van der Waals surface area contributed by atoms with Gasteiger partial charge >= 0.3 is 0 Å². The zero-order valence-corrected chi connectivity index (χ0v) is 13.1. The van der Waals surface area contributed by atoms with E-state index in [0.29, 0.717) is 11.6 Å². The van der Waals surface area contributed by atoms with Gasteiger partial charge in [-0.1, -0.05) is 0 Å². The monoisotopic (exact) mass is 300 g/mol. The lowest BCUT2D eigenvalue weighted by Crippen LogP contribution is -2.12. The lowest BCUT2D eigenvalue weighted by atomic mass is 10.1. The SMILES string of the molecule is COc1ccc(-c2cc(C(N)=O)c(C)n2C2CC2)c(OC)c1. The molecule has 0 atom stereocenters. The van der Waals surface area contributed by atoms with E-state index < -0.39 is 5.91 Å². The van der Waals surface area contributed by atoms with Crippen molar-refractivity contribution in [3.63, 3.8) is 0 Å². The van der Waals surface area contributed by atoms with Gasteiger partial charge < -0.3 is 19.8 Å². The molecule has 116 valence electrons. The Kier molecular flexibility index (Phi) is 3.56. The summed E-state index contributed by atoms with van der Waals surface area (Å²) in [6.45, 7) is 1.94. The van der Waals surface area contributed by atoms with Gasteiger partial charge in [0.1, 0.15) is 11.5 Å². The highest BCUT2D eigenvalue weighted by molar-refractivity contribution is 5.96. The molecule has 1 saturated carbocycles. The summed E-state index contributed by atoms with van der Waals surface area (Å²) in [6.07, 6.45) is 2.25. The first kappa shape index (κ1) is 14.5. The van der Waals surface area contributed by atoms with Crippen molar-refractivity contribution < 1.29 is 14.3 Å². The van der Waals surface area contributed by atoms with Crippen LogP contribution in [0.5, 0.6) is 11.5 Å². The van der Waals surface area contributed by atoms with Crippen molar-refractivity contribution in [3.8, 4) is 22.8 Å². The maximum Gasteiger partial charge on any atom is 0.250 e. The average Bonchev–Trinajstić information content (AvgIpc) is 3.29. The Morgan fingerprint density at radius 3 is 2.50 bits per heavy atom. The van der Waals surface area contributed by atoms with Crippen LogP contribution in [0.4, 0.5) is 0 Å². The first-order chi connectivity index (χ1) is 10.6. The fraction of sp³-hybridized carbons (Fsp3) is 0.353. The number of hydrogen-bond donors (Lipinski definition) is 1. The molecule has 1 aromatic carbocycles. The molecular weight excluding hydrogens is 280 g/mol. The summed E-state index contributed by atoms with van der Waals surface area (Å²) in [7, 11) is 3.25. The number of rotatable bonds is 5. The van der Waals surface area contributed by atoms with E-state index in [1.807, 2.05) is 31.2 Å². The van der Waals surface area contributed by atoms with Crippen molar-refractivity contribution >= 4 is 5.91 Å². The predicted molar refractivity (Wildman–Crippen MR) is 84.5 cm³/mol. The molecule has 1 aliphatic rings. The number of nitrogens with two attached hydrogens (primary N) is 1. The molecule has 0 radical (unpaired) electrons. The van der Waals surface area contributed by atoms with E-state index in [2.05, 4.69) is 4.57 Å². The van der Waals surface area contributed by atoms with Gasteiger partial charge in [-0.3, -0.25) is 4.79 Å². The van der Waals surface area contributed by atoms with E-state index in [1.54, 1.807) is 14.2 Å². The summed E-state index contributed by atoms with van der Waals surface area (Å²) >= 11 is 0. The van der Waals surface area contributed by atoms with Gasteiger partial charge in [0.05, 0.1) is 25.5 Å². The van der Waals surface area contributed by atoms with E-state index in [1.165, 1.54) is 0 Å². The topological polar surface area (TPSA) is 66.5 Å². The van der Waals surface area contributed by atoms with Crippen LogP contribution >= 0.6 is 0 Å². The quantitative estimate of drug-likeness (QED) is 0.923. The van der Waals surface area contributed by atoms with Gasteiger partial charge in [0.15, 0.2) is 0 Å². The highest BCUT2D eigenvalue weighted by Crippen LogP contribution is 2.43. The smallest absolute Gasteiger partial charge is 0.250 e. The molecule has 22 heavy (non-hydrogen) atoms. The molecule has 0 saturated heterocycles. The molecule has 1 fully saturated rings. The molecule has 0 spiro atoms. The minimum Gasteiger partial charge on any atom is -0.497 e. The third kappa shape index (κ3) is 2.32. The van der Waals surface area contributed by atoms with Crippen LogP contribution in [0.25, 0.3) is 11.3 Å². The zero-order valence-electron chi connectivity index (χ0n) is 13.1. The number of nitrogens with zero attached hydrogens (tertiary/aromatic N) is 1. The fourth-order valence-electron chi connectivity index (χ4n) is 2.89. The van der Waals surface area contributed by atoms with Crippen molar-refractivity contribution in [1.82, 2.24) is 4.57 Å². The van der Waals surface area contributed by atoms with E-state index in [9.17, 15) is 4.79 Å². The lowest BCUT2D eigenvalue weighted by Gasteiger charge is -2.14. The normalized spacial score (nSPS) is 14.0. The summed E-state index contributed by atoms with van der Waals surface area (Å²) in [6, 6.07) is 7.99. The molecular formula is C17H20N2O3. The van der Waals surface area contributed by atoms with Crippen LogP contribution in [-0.2, 0) is 0 Å². The van der Waals surface area contributed by atoms with E-state index >= 15 is 0 Å². The first-order valence-electron chi connectivity index (χ1n) is 7.30. The average molecular weight is 300 g/mol. The number of methoxy groups -OCH3 is 2. The van der Waals surface area contributed by atoms with Gasteiger partial charge in [-0.2, -0.15) is 0 Å². The van der Waals surface area contributed by atoms with Crippen LogP contribution in [0.3, 0.4) is 0 Å². The second kappa shape index (κ2) is 5.40. The molecule has 0 bridgehead atoms. The first-order valence-corrected chi connectivity index (χ1v) is 7.30. The Morgan fingerprint density at radius 2 is 1.95 bits per heavy atom. The number of amides is 1. The molecule has 3 rings (SSSR count). The Balaban J connectivity index is 2.19. The van der Waals surface area contributed by atoms with Gasteiger partial charge in [-0.15, -0.1) is 0 Å². The van der Waals surface area contributed by atoms with Gasteiger partial charge in [0, 0.05) is 23.4 Å². The molecule has 0 aliphatic heterocycles. The van der Waals surface area contributed by atoms with Gasteiger partial charge in [-0.05, 0) is 38.0 Å². The summed E-state index contributed by atoms with van der Waals surface area (Å²) in [4.78, 5) is 11.7.